The zero-order valence-electron chi connectivity index (χ0n) is 10.7. The SMILES string of the molecule is CC1C(=O)Nc2ccc(S(=O)(=O)NC[C@H](C)O)cc21. The summed E-state index contributed by atoms with van der Waals surface area (Å²) in [4.78, 5) is 11.6. The van der Waals surface area contributed by atoms with Gasteiger partial charge >= 0.3 is 0 Å². The molecular weight excluding hydrogens is 268 g/mol. The highest BCUT2D eigenvalue weighted by Crippen LogP contribution is 2.33. The number of anilines is 1. The molecule has 3 N–H and O–H groups in total. The van der Waals surface area contributed by atoms with Crippen LogP contribution in [0.15, 0.2) is 23.1 Å². The number of sulfonamides is 1. The highest BCUT2D eigenvalue weighted by molar-refractivity contribution is 7.89. The quantitative estimate of drug-likeness (QED) is 0.746. The van der Waals surface area contributed by atoms with E-state index in [2.05, 4.69) is 10.0 Å². The summed E-state index contributed by atoms with van der Waals surface area (Å²) in [5.41, 5.74) is 1.32. The molecule has 1 aliphatic heterocycles. The van der Waals surface area contributed by atoms with E-state index < -0.39 is 16.1 Å². The van der Waals surface area contributed by atoms with Crippen LogP contribution in [0.25, 0.3) is 0 Å². The van der Waals surface area contributed by atoms with Gasteiger partial charge in [0, 0.05) is 12.2 Å². The molecule has 2 atom stereocenters. The van der Waals surface area contributed by atoms with Crippen molar-refractivity contribution >= 4 is 21.6 Å². The minimum atomic E-state index is -3.67. The monoisotopic (exact) mass is 284 g/mol. The van der Waals surface area contributed by atoms with E-state index >= 15 is 0 Å². The van der Waals surface area contributed by atoms with Crippen LogP contribution in [0.2, 0.25) is 0 Å². The van der Waals surface area contributed by atoms with E-state index in [1.54, 1.807) is 13.0 Å². The van der Waals surface area contributed by atoms with Crippen LogP contribution >= 0.6 is 0 Å². The highest BCUT2D eigenvalue weighted by Gasteiger charge is 2.28. The molecule has 2 rings (SSSR count). The lowest BCUT2D eigenvalue weighted by atomic mass is 10.0. The summed E-state index contributed by atoms with van der Waals surface area (Å²) in [5.74, 6) is -0.497. The zero-order chi connectivity index (χ0) is 14.2. The summed E-state index contributed by atoms with van der Waals surface area (Å²) in [6.07, 6.45) is -0.758. The van der Waals surface area contributed by atoms with Gasteiger partial charge < -0.3 is 10.4 Å². The van der Waals surface area contributed by atoms with Crippen LogP contribution in [0.1, 0.15) is 25.3 Å². The fourth-order valence-electron chi connectivity index (χ4n) is 1.88. The molecule has 0 saturated heterocycles. The first kappa shape index (κ1) is 14.0. The average molecular weight is 284 g/mol. The van der Waals surface area contributed by atoms with Crippen molar-refractivity contribution in [2.24, 2.45) is 0 Å². The van der Waals surface area contributed by atoms with Crippen molar-refractivity contribution in [2.45, 2.75) is 30.8 Å². The second-order valence-corrected chi connectivity index (χ2v) is 6.43. The molecule has 1 heterocycles. The number of hydrogen-bond acceptors (Lipinski definition) is 4. The summed E-state index contributed by atoms with van der Waals surface area (Å²) >= 11 is 0. The number of rotatable bonds is 4. The molecule has 0 saturated carbocycles. The minimum Gasteiger partial charge on any atom is -0.392 e. The largest absolute Gasteiger partial charge is 0.392 e. The van der Waals surface area contributed by atoms with E-state index in [1.165, 1.54) is 19.1 Å². The number of benzene rings is 1. The number of hydrogen-bond donors (Lipinski definition) is 3. The maximum atomic E-state index is 12.0. The Hall–Kier alpha value is -1.44. The van der Waals surface area contributed by atoms with Gasteiger partial charge in [-0.3, -0.25) is 4.79 Å². The van der Waals surface area contributed by atoms with Crippen molar-refractivity contribution in [1.82, 2.24) is 4.72 Å². The van der Waals surface area contributed by atoms with Crippen LogP contribution in [-0.4, -0.2) is 32.1 Å². The first-order valence-corrected chi connectivity index (χ1v) is 7.42. The number of fused-ring (bicyclic) bond motifs is 1. The molecule has 0 aromatic heterocycles. The number of aliphatic hydroxyl groups excluding tert-OH is 1. The third-order valence-corrected chi connectivity index (χ3v) is 4.44. The van der Waals surface area contributed by atoms with Crippen molar-refractivity contribution in [1.29, 1.82) is 0 Å². The average Bonchev–Trinajstić information content (AvgIpc) is 2.63. The Morgan fingerprint density at radius 3 is 2.79 bits per heavy atom. The Morgan fingerprint density at radius 2 is 2.16 bits per heavy atom. The summed E-state index contributed by atoms with van der Waals surface area (Å²) in [6.45, 7) is 3.17. The van der Waals surface area contributed by atoms with E-state index in [4.69, 9.17) is 5.11 Å². The number of aliphatic hydroxyl groups is 1. The Kier molecular flexibility index (Phi) is 3.62. The summed E-state index contributed by atoms with van der Waals surface area (Å²) < 4.78 is 26.3. The Bertz CT molecular complexity index is 610. The predicted octanol–water partition coefficient (Wildman–Crippen LogP) is 0.401. The number of carbonyl (C=O) groups excluding carboxylic acids is 1. The van der Waals surface area contributed by atoms with Crippen LogP contribution in [0, 0.1) is 0 Å². The van der Waals surface area contributed by atoms with Gasteiger partial charge in [0.1, 0.15) is 0 Å². The maximum absolute atomic E-state index is 12.0. The Morgan fingerprint density at radius 1 is 1.47 bits per heavy atom. The van der Waals surface area contributed by atoms with Gasteiger partial charge in [0.05, 0.1) is 16.9 Å². The van der Waals surface area contributed by atoms with Gasteiger partial charge in [-0.2, -0.15) is 0 Å². The van der Waals surface area contributed by atoms with Crippen molar-refractivity contribution in [3.05, 3.63) is 23.8 Å². The highest BCUT2D eigenvalue weighted by atomic mass is 32.2. The molecule has 6 nitrogen and oxygen atoms in total. The first-order valence-electron chi connectivity index (χ1n) is 5.94. The van der Waals surface area contributed by atoms with Crippen molar-refractivity contribution in [3.8, 4) is 0 Å². The van der Waals surface area contributed by atoms with Crippen LogP contribution < -0.4 is 10.0 Å². The number of nitrogens with one attached hydrogen (secondary N) is 2. The van der Waals surface area contributed by atoms with Gasteiger partial charge in [0.15, 0.2) is 0 Å². The number of carbonyl (C=O) groups is 1. The third kappa shape index (κ3) is 2.78. The van der Waals surface area contributed by atoms with Crippen LogP contribution in [0.4, 0.5) is 5.69 Å². The first-order chi connectivity index (χ1) is 8.81. The number of amides is 1. The maximum Gasteiger partial charge on any atom is 0.240 e. The van der Waals surface area contributed by atoms with Gasteiger partial charge in [0.2, 0.25) is 15.9 Å². The summed E-state index contributed by atoms with van der Waals surface area (Å²) in [7, 11) is -3.67. The molecule has 104 valence electrons. The Balaban J connectivity index is 2.31. The van der Waals surface area contributed by atoms with Crippen molar-refractivity contribution < 1.29 is 18.3 Å². The summed E-state index contributed by atoms with van der Waals surface area (Å²) in [6, 6.07) is 4.50. The predicted molar refractivity (Wildman–Crippen MR) is 70.4 cm³/mol. The van der Waals surface area contributed by atoms with Crippen LogP contribution in [0.5, 0.6) is 0 Å². The molecule has 1 unspecified atom stereocenters. The van der Waals surface area contributed by atoms with E-state index in [0.717, 1.165) is 0 Å². The smallest absolute Gasteiger partial charge is 0.240 e. The minimum absolute atomic E-state index is 0.0495. The molecule has 7 heteroatoms. The molecule has 0 spiro atoms. The van der Waals surface area contributed by atoms with Crippen LogP contribution in [-0.2, 0) is 14.8 Å². The van der Waals surface area contributed by atoms with Gasteiger partial charge in [-0.1, -0.05) is 0 Å². The fraction of sp³-hybridized carbons (Fsp3) is 0.417. The molecule has 1 amide bonds. The lowest BCUT2D eigenvalue weighted by Gasteiger charge is -2.10. The topological polar surface area (TPSA) is 95.5 Å². The molecule has 19 heavy (non-hydrogen) atoms. The lowest BCUT2D eigenvalue weighted by molar-refractivity contribution is -0.116. The fourth-order valence-corrected chi connectivity index (χ4v) is 3.03. The molecule has 0 bridgehead atoms. The molecule has 1 aromatic carbocycles. The summed E-state index contributed by atoms with van der Waals surface area (Å²) in [5, 5.41) is 11.8. The molecule has 0 fully saturated rings. The van der Waals surface area contributed by atoms with E-state index in [-0.39, 0.29) is 23.3 Å². The van der Waals surface area contributed by atoms with Gasteiger partial charge in [-0.05, 0) is 37.6 Å². The molecule has 1 aromatic rings. The van der Waals surface area contributed by atoms with E-state index in [9.17, 15) is 13.2 Å². The van der Waals surface area contributed by atoms with Crippen molar-refractivity contribution in [2.75, 3.05) is 11.9 Å². The van der Waals surface area contributed by atoms with E-state index in [1.807, 2.05) is 0 Å². The standard InChI is InChI=1S/C12H16N2O4S/c1-7(15)6-13-19(17,18)9-3-4-11-10(5-9)8(2)12(16)14-11/h3-5,7-8,13,15H,6H2,1-2H3,(H,14,16)/t7-,8?/m0/s1. The Labute approximate surface area is 111 Å². The molecule has 0 radical (unpaired) electrons. The lowest BCUT2D eigenvalue weighted by Crippen LogP contribution is -2.30. The van der Waals surface area contributed by atoms with Gasteiger partial charge in [0.25, 0.3) is 0 Å². The second kappa shape index (κ2) is 4.92. The van der Waals surface area contributed by atoms with Gasteiger partial charge in [-0.15, -0.1) is 0 Å². The van der Waals surface area contributed by atoms with Crippen LogP contribution in [0.3, 0.4) is 0 Å². The molecule has 1 aliphatic rings. The third-order valence-electron chi connectivity index (χ3n) is 3.02. The van der Waals surface area contributed by atoms with Crippen molar-refractivity contribution in [3.63, 3.8) is 0 Å². The molecular formula is C12H16N2O4S. The zero-order valence-corrected chi connectivity index (χ0v) is 11.5. The second-order valence-electron chi connectivity index (χ2n) is 4.66. The van der Waals surface area contributed by atoms with Gasteiger partial charge in [-0.25, -0.2) is 13.1 Å². The molecule has 0 aliphatic carbocycles. The normalized spacial score (nSPS) is 19.9. The van der Waals surface area contributed by atoms with E-state index in [0.29, 0.717) is 11.3 Å².